The molecule has 1 aromatic rings. The quantitative estimate of drug-likeness (QED) is 0.510. The van der Waals surface area contributed by atoms with E-state index in [1.807, 2.05) is 7.05 Å². The lowest BCUT2D eigenvalue weighted by Crippen LogP contribution is -2.84. The Morgan fingerprint density at radius 2 is 2.00 bits per heavy atom. The predicted molar refractivity (Wildman–Crippen MR) is 112 cm³/mol. The molecule has 10 heteroatoms. The van der Waals surface area contributed by atoms with E-state index < -0.39 is 5.82 Å². The second kappa shape index (κ2) is 7.58. The summed E-state index contributed by atoms with van der Waals surface area (Å²) < 4.78 is 18.8. The summed E-state index contributed by atoms with van der Waals surface area (Å²) in [6, 6.07) is 4.07. The molecule has 6 rings (SSSR count). The Labute approximate surface area is 185 Å². The van der Waals surface area contributed by atoms with Crippen molar-refractivity contribution >= 4 is 23.4 Å². The van der Waals surface area contributed by atoms with Gasteiger partial charge in [0.1, 0.15) is 11.6 Å². The number of carbonyl (C=O) groups is 2. The molecule has 168 valence electrons. The van der Waals surface area contributed by atoms with E-state index in [1.54, 1.807) is 0 Å². The molecule has 2 bridgehead atoms. The van der Waals surface area contributed by atoms with Crippen molar-refractivity contribution in [1.29, 1.82) is 0 Å². The first-order valence-electron chi connectivity index (χ1n) is 10.7. The van der Waals surface area contributed by atoms with Crippen LogP contribution in [0.25, 0.3) is 0 Å². The number of piperidine rings is 1. The van der Waals surface area contributed by atoms with Crippen molar-refractivity contribution in [3.63, 3.8) is 0 Å². The molecule has 0 radical (unpaired) electrons. The molecule has 5 aliphatic rings. The molecule has 2 saturated heterocycles. The van der Waals surface area contributed by atoms with Crippen molar-refractivity contribution in [3.8, 4) is 5.75 Å². The minimum Gasteiger partial charge on any atom is -0.484 e. The van der Waals surface area contributed by atoms with Crippen LogP contribution in [-0.2, 0) is 9.59 Å². The van der Waals surface area contributed by atoms with E-state index in [0.29, 0.717) is 18.6 Å². The predicted octanol–water partition coefficient (Wildman–Crippen LogP) is 0.767. The number of benzene rings is 1. The first-order chi connectivity index (χ1) is 14.8. The van der Waals surface area contributed by atoms with E-state index in [2.05, 4.69) is 26.4 Å². The lowest BCUT2D eigenvalue weighted by molar-refractivity contribution is -0.153. The SMILES string of the molecule is CN1NCC2CC(C(=O)NC34CC(NC(=O)COc5ccc(Cl)c(F)c5)(C3)C4)CNC21. The van der Waals surface area contributed by atoms with Gasteiger partial charge < -0.3 is 15.4 Å². The van der Waals surface area contributed by atoms with Crippen molar-refractivity contribution in [2.75, 3.05) is 26.7 Å². The van der Waals surface area contributed by atoms with Gasteiger partial charge in [-0.2, -0.15) is 0 Å². The maximum atomic E-state index is 13.5. The van der Waals surface area contributed by atoms with Gasteiger partial charge in [-0.1, -0.05) is 11.6 Å². The number of carbonyl (C=O) groups excluding carboxylic acids is 2. The molecule has 0 spiro atoms. The van der Waals surface area contributed by atoms with Crippen LogP contribution in [0.4, 0.5) is 4.39 Å². The minimum atomic E-state index is -0.586. The van der Waals surface area contributed by atoms with Gasteiger partial charge in [0.25, 0.3) is 5.91 Å². The second-order valence-electron chi connectivity index (χ2n) is 9.51. The van der Waals surface area contributed by atoms with Gasteiger partial charge in [0, 0.05) is 43.2 Å². The van der Waals surface area contributed by atoms with Gasteiger partial charge in [-0.05, 0) is 37.8 Å². The Balaban J connectivity index is 1.05. The first-order valence-corrected chi connectivity index (χ1v) is 11.0. The van der Waals surface area contributed by atoms with Crippen LogP contribution in [0.2, 0.25) is 5.02 Å². The van der Waals surface area contributed by atoms with Gasteiger partial charge in [-0.25, -0.2) is 9.40 Å². The van der Waals surface area contributed by atoms with Gasteiger partial charge in [-0.3, -0.25) is 20.3 Å². The summed E-state index contributed by atoms with van der Waals surface area (Å²) in [6.07, 6.45) is 3.39. The molecule has 3 saturated carbocycles. The van der Waals surface area contributed by atoms with E-state index in [9.17, 15) is 14.0 Å². The van der Waals surface area contributed by atoms with Crippen molar-refractivity contribution in [1.82, 2.24) is 26.4 Å². The number of fused-ring (bicyclic) bond motifs is 1. The Morgan fingerprint density at radius 1 is 1.26 bits per heavy atom. The largest absolute Gasteiger partial charge is 0.484 e. The summed E-state index contributed by atoms with van der Waals surface area (Å²) in [5.74, 6) is -0.0740. The number of hydrogen-bond acceptors (Lipinski definition) is 6. The summed E-state index contributed by atoms with van der Waals surface area (Å²) in [7, 11) is 2.02. The molecule has 8 nitrogen and oxygen atoms in total. The van der Waals surface area contributed by atoms with E-state index in [-0.39, 0.29) is 46.2 Å². The maximum absolute atomic E-state index is 13.5. The van der Waals surface area contributed by atoms with Crippen LogP contribution in [-0.4, -0.2) is 60.8 Å². The van der Waals surface area contributed by atoms with Crippen molar-refractivity contribution < 1.29 is 18.7 Å². The Kier molecular flexibility index (Phi) is 5.12. The van der Waals surface area contributed by atoms with E-state index in [1.165, 1.54) is 12.1 Å². The van der Waals surface area contributed by atoms with Crippen molar-refractivity contribution in [3.05, 3.63) is 29.0 Å². The van der Waals surface area contributed by atoms with Crippen LogP contribution in [0.1, 0.15) is 25.7 Å². The zero-order valence-electron chi connectivity index (χ0n) is 17.3. The topological polar surface area (TPSA) is 94.7 Å². The molecule has 5 fully saturated rings. The number of nitrogens with zero attached hydrogens (tertiary/aromatic N) is 1. The lowest BCUT2D eigenvalue weighted by atomic mass is 9.44. The summed E-state index contributed by atoms with van der Waals surface area (Å²) in [5.41, 5.74) is 2.87. The summed E-state index contributed by atoms with van der Waals surface area (Å²) in [6.45, 7) is 1.38. The van der Waals surface area contributed by atoms with Crippen LogP contribution < -0.4 is 26.1 Å². The van der Waals surface area contributed by atoms with Crippen molar-refractivity contribution in [2.45, 2.75) is 42.9 Å². The third-order valence-electron chi connectivity index (χ3n) is 7.08. The molecular formula is C21H27ClFN5O3. The molecule has 31 heavy (non-hydrogen) atoms. The molecule has 2 aliphatic heterocycles. The minimum absolute atomic E-state index is 0.00841. The van der Waals surface area contributed by atoms with Gasteiger partial charge in [0.2, 0.25) is 5.91 Å². The smallest absolute Gasteiger partial charge is 0.258 e. The number of amides is 2. The monoisotopic (exact) mass is 451 g/mol. The Morgan fingerprint density at radius 3 is 2.74 bits per heavy atom. The highest BCUT2D eigenvalue weighted by Crippen LogP contribution is 2.60. The van der Waals surface area contributed by atoms with Crippen LogP contribution in [0.5, 0.6) is 5.75 Å². The highest BCUT2D eigenvalue weighted by atomic mass is 35.5. The average molecular weight is 452 g/mol. The average Bonchev–Trinajstić information content (AvgIpc) is 3.06. The summed E-state index contributed by atoms with van der Waals surface area (Å²) in [4.78, 5) is 25.1. The standard InChI is InChI=1S/C21H27ClFN5O3/c1-28-18-12(7-25-28)4-13(6-24-18)19(30)27-21-9-20(10-21,11-21)26-17(29)8-31-14-2-3-15(22)16(23)5-14/h2-3,5,12-13,18,24-25H,4,6-11H2,1H3,(H,26,29)(H,27,30). The molecule has 2 amide bonds. The van der Waals surface area contributed by atoms with Gasteiger partial charge in [0.15, 0.2) is 6.61 Å². The van der Waals surface area contributed by atoms with E-state index in [4.69, 9.17) is 16.3 Å². The number of hydrogen-bond donors (Lipinski definition) is 4. The molecule has 2 heterocycles. The molecule has 3 unspecified atom stereocenters. The number of rotatable bonds is 6. The summed E-state index contributed by atoms with van der Waals surface area (Å²) in [5, 5.41) is 11.8. The highest BCUT2D eigenvalue weighted by Gasteiger charge is 2.69. The molecule has 1 aromatic carbocycles. The number of hydrazine groups is 1. The van der Waals surface area contributed by atoms with E-state index in [0.717, 1.165) is 38.3 Å². The number of nitrogens with one attached hydrogen (secondary N) is 4. The molecule has 3 atom stereocenters. The number of ether oxygens (including phenoxy) is 1. The Bertz CT molecular complexity index is 895. The van der Waals surface area contributed by atoms with Gasteiger partial charge >= 0.3 is 0 Å². The van der Waals surface area contributed by atoms with Crippen LogP contribution in [0.3, 0.4) is 0 Å². The molecule has 4 N–H and O–H groups in total. The highest BCUT2D eigenvalue weighted by molar-refractivity contribution is 6.30. The summed E-state index contributed by atoms with van der Waals surface area (Å²) >= 11 is 5.64. The number of halogens is 2. The van der Waals surface area contributed by atoms with Crippen LogP contribution in [0.15, 0.2) is 18.2 Å². The van der Waals surface area contributed by atoms with Gasteiger partial charge in [-0.15, -0.1) is 0 Å². The maximum Gasteiger partial charge on any atom is 0.258 e. The molecule has 3 aliphatic carbocycles. The van der Waals surface area contributed by atoms with Crippen molar-refractivity contribution in [2.24, 2.45) is 11.8 Å². The van der Waals surface area contributed by atoms with E-state index >= 15 is 0 Å². The third kappa shape index (κ3) is 3.88. The normalized spacial score (nSPS) is 36.0. The van der Waals surface area contributed by atoms with Crippen LogP contribution >= 0.6 is 11.6 Å². The zero-order chi connectivity index (χ0) is 21.8. The third-order valence-corrected chi connectivity index (χ3v) is 7.39. The first kappa shape index (κ1) is 20.9. The Hall–Kier alpha value is -1.94. The molecular weight excluding hydrogens is 425 g/mol. The fourth-order valence-electron chi connectivity index (χ4n) is 5.68. The fourth-order valence-corrected chi connectivity index (χ4v) is 5.80. The second-order valence-corrected chi connectivity index (χ2v) is 9.92. The molecule has 0 aromatic heterocycles. The lowest BCUT2D eigenvalue weighted by Gasteiger charge is -2.70. The van der Waals surface area contributed by atoms with Crippen LogP contribution in [0, 0.1) is 17.7 Å². The fraction of sp³-hybridized carbons (Fsp3) is 0.619. The zero-order valence-corrected chi connectivity index (χ0v) is 18.1. The van der Waals surface area contributed by atoms with Gasteiger partial charge in [0.05, 0.1) is 17.1 Å².